The zero-order chi connectivity index (χ0) is 24.2. The average Bonchev–Trinajstić information content (AvgIpc) is 3.49. The normalized spacial score (nSPS) is 22.0. The van der Waals surface area contributed by atoms with E-state index in [1.807, 2.05) is 25.1 Å². The number of nitrogens with one attached hydrogen (secondary N) is 1. The second kappa shape index (κ2) is 8.09. The Bertz CT molecular complexity index is 1300. The highest BCUT2D eigenvalue weighted by molar-refractivity contribution is 5.99. The van der Waals surface area contributed by atoms with Crippen LogP contribution in [0, 0.1) is 18.7 Å². The molecule has 0 aromatic heterocycles. The van der Waals surface area contributed by atoms with Gasteiger partial charge in [-0.05, 0) is 62.2 Å². The van der Waals surface area contributed by atoms with Gasteiger partial charge in [0.15, 0.2) is 0 Å². The van der Waals surface area contributed by atoms with Crippen molar-refractivity contribution < 1.29 is 19.1 Å². The van der Waals surface area contributed by atoms with Crippen LogP contribution in [-0.2, 0) is 10.3 Å². The van der Waals surface area contributed by atoms with Gasteiger partial charge in [-0.2, -0.15) is 0 Å². The van der Waals surface area contributed by atoms with Gasteiger partial charge in [0.25, 0.3) is 5.91 Å². The van der Waals surface area contributed by atoms with E-state index in [2.05, 4.69) is 29.2 Å². The SMILES string of the molecule is Cc1ccc(N2CC(N(C)C)C2)cc1C(=O)NC1(c2ccc(F)c3ccccc23)CC1C(=O)O. The third-order valence-electron chi connectivity index (χ3n) is 7.37. The van der Waals surface area contributed by atoms with Gasteiger partial charge in [-0.15, -0.1) is 0 Å². The summed E-state index contributed by atoms with van der Waals surface area (Å²) in [4.78, 5) is 29.9. The summed E-state index contributed by atoms with van der Waals surface area (Å²) < 4.78 is 14.4. The lowest BCUT2D eigenvalue weighted by Crippen LogP contribution is -2.57. The summed E-state index contributed by atoms with van der Waals surface area (Å²) >= 11 is 0. The summed E-state index contributed by atoms with van der Waals surface area (Å²) in [5.74, 6) is -2.44. The molecule has 2 N–H and O–H groups in total. The van der Waals surface area contributed by atoms with E-state index in [0.717, 1.165) is 24.3 Å². The van der Waals surface area contributed by atoms with Gasteiger partial charge < -0.3 is 20.2 Å². The molecular formula is C27H28FN3O3. The predicted molar refractivity (Wildman–Crippen MR) is 130 cm³/mol. The van der Waals surface area contributed by atoms with Crippen LogP contribution in [0.5, 0.6) is 0 Å². The molecule has 5 rings (SSSR count). The largest absolute Gasteiger partial charge is 0.481 e. The van der Waals surface area contributed by atoms with Crippen molar-refractivity contribution in [2.45, 2.75) is 24.9 Å². The number of fused-ring (bicyclic) bond motifs is 1. The van der Waals surface area contributed by atoms with Crippen LogP contribution in [0.15, 0.2) is 54.6 Å². The van der Waals surface area contributed by atoms with Crippen molar-refractivity contribution in [3.63, 3.8) is 0 Å². The Hall–Kier alpha value is -3.45. The second-order valence-corrected chi connectivity index (χ2v) is 9.68. The smallest absolute Gasteiger partial charge is 0.309 e. The first kappa shape index (κ1) is 22.3. The number of amides is 1. The highest BCUT2D eigenvalue weighted by Crippen LogP contribution is 2.54. The Labute approximate surface area is 198 Å². The summed E-state index contributed by atoms with van der Waals surface area (Å²) in [6.45, 7) is 3.66. The Balaban J connectivity index is 1.48. The molecule has 0 bridgehead atoms. The minimum atomic E-state index is -1.08. The maximum absolute atomic E-state index is 14.4. The number of nitrogens with zero attached hydrogens (tertiary/aromatic N) is 2. The molecule has 1 saturated carbocycles. The van der Waals surface area contributed by atoms with Crippen LogP contribution in [0.2, 0.25) is 0 Å². The number of carbonyl (C=O) groups is 2. The topological polar surface area (TPSA) is 72.9 Å². The molecule has 3 aromatic carbocycles. The molecule has 7 heteroatoms. The number of hydrogen-bond acceptors (Lipinski definition) is 4. The van der Waals surface area contributed by atoms with E-state index < -0.39 is 17.4 Å². The van der Waals surface area contributed by atoms with Gasteiger partial charge >= 0.3 is 5.97 Å². The molecular weight excluding hydrogens is 433 g/mol. The highest BCUT2D eigenvalue weighted by Gasteiger charge is 2.61. The van der Waals surface area contributed by atoms with Crippen LogP contribution in [0.4, 0.5) is 10.1 Å². The van der Waals surface area contributed by atoms with E-state index in [0.29, 0.717) is 27.9 Å². The number of aryl methyl sites for hydroxylation is 1. The molecule has 34 heavy (non-hydrogen) atoms. The monoisotopic (exact) mass is 461 g/mol. The van der Waals surface area contributed by atoms with Crippen molar-refractivity contribution in [1.29, 1.82) is 0 Å². The number of anilines is 1. The first-order valence-electron chi connectivity index (χ1n) is 11.5. The molecule has 1 heterocycles. The summed E-state index contributed by atoms with van der Waals surface area (Å²) in [6, 6.07) is 16.2. The molecule has 2 unspecified atom stereocenters. The number of hydrogen-bond donors (Lipinski definition) is 2. The van der Waals surface area contributed by atoms with Gasteiger partial charge in [0.2, 0.25) is 0 Å². The van der Waals surface area contributed by atoms with Crippen molar-refractivity contribution in [1.82, 2.24) is 10.2 Å². The third-order valence-corrected chi connectivity index (χ3v) is 7.37. The van der Waals surface area contributed by atoms with E-state index in [1.165, 1.54) is 6.07 Å². The minimum Gasteiger partial charge on any atom is -0.481 e. The van der Waals surface area contributed by atoms with Gasteiger partial charge in [0.05, 0.1) is 11.5 Å². The summed E-state index contributed by atoms with van der Waals surface area (Å²) in [7, 11) is 4.12. The molecule has 1 saturated heterocycles. The molecule has 1 aliphatic heterocycles. The van der Waals surface area contributed by atoms with Crippen molar-refractivity contribution in [3.05, 3.63) is 77.1 Å². The lowest BCUT2D eigenvalue weighted by atomic mass is 9.94. The first-order valence-corrected chi connectivity index (χ1v) is 11.5. The van der Waals surface area contributed by atoms with E-state index >= 15 is 0 Å². The van der Waals surface area contributed by atoms with Crippen molar-refractivity contribution in [2.24, 2.45) is 5.92 Å². The zero-order valence-corrected chi connectivity index (χ0v) is 19.5. The molecule has 2 aliphatic rings. The summed E-state index contributed by atoms with van der Waals surface area (Å²) in [6.07, 6.45) is 0.263. The Morgan fingerprint density at radius 3 is 2.44 bits per heavy atom. The average molecular weight is 462 g/mol. The van der Waals surface area contributed by atoms with Crippen LogP contribution >= 0.6 is 0 Å². The zero-order valence-electron chi connectivity index (χ0n) is 19.5. The fourth-order valence-electron chi connectivity index (χ4n) is 5.03. The molecule has 1 aliphatic carbocycles. The fourth-order valence-corrected chi connectivity index (χ4v) is 5.03. The standard InChI is InChI=1S/C27H28FN3O3/c1-16-8-9-17(31-14-18(15-31)30(2)3)12-21(16)25(32)29-27(13-23(27)26(33)34)22-10-11-24(28)20-7-5-4-6-19(20)22/h4-12,18,23H,13-15H2,1-3H3,(H,29,32)(H,33,34). The quantitative estimate of drug-likeness (QED) is 0.585. The van der Waals surface area contributed by atoms with E-state index in [9.17, 15) is 19.1 Å². The van der Waals surface area contributed by atoms with Crippen LogP contribution in [0.3, 0.4) is 0 Å². The van der Waals surface area contributed by atoms with E-state index in [1.54, 1.807) is 30.3 Å². The van der Waals surface area contributed by atoms with E-state index in [4.69, 9.17) is 0 Å². The molecule has 176 valence electrons. The highest BCUT2D eigenvalue weighted by atomic mass is 19.1. The number of halogens is 1. The molecule has 1 amide bonds. The van der Waals surface area contributed by atoms with Crippen molar-refractivity contribution in [3.8, 4) is 0 Å². The number of likely N-dealkylation sites (N-methyl/N-ethyl adjacent to an activating group) is 1. The van der Waals surface area contributed by atoms with Gasteiger partial charge in [-0.3, -0.25) is 9.59 Å². The molecule has 6 nitrogen and oxygen atoms in total. The van der Waals surface area contributed by atoms with Gasteiger partial charge in [0.1, 0.15) is 5.82 Å². The summed E-state index contributed by atoms with van der Waals surface area (Å²) in [5.41, 5.74) is 1.87. The molecule has 2 atom stereocenters. The Morgan fingerprint density at radius 1 is 1.09 bits per heavy atom. The second-order valence-electron chi connectivity index (χ2n) is 9.68. The minimum absolute atomic E-state index is 0.263. The van der Waals surface area contributed by atoms with Crippen LogP contribution < -0.4 is 10.2 Å². The number of aliphatic carboxylic acids is 1. The number of carbonyl (C=O) groups excluding carboxylic acids is 1. The lowest BCUT2D eigenvalue weighted by molar-refractivity contribution is -0.139. The fraction of sp³-hybridized carbons (Fsp3) is 0.333. The molecule has 2 fully saturated rings. The molecule has 0 radical (unpaired) electrons. The van der Waals surface area contributed by atoms with Crippen LogP contribution in [0.25, 0.3) is 10.8 Å². The lowest BCUT2D eigenvalue weighted by Gasteiger charge is -2.44. The Kier molecular flexibility index (Phi) is 5.32. The number of carboxylic acid groups (broad SMARTS) is 1. The summed E-state index contributed by atoms with van der Waals surface area (Å²) in [5, 5.41) is 13.9. The van der Waals surface area contributed by atoms with E-state index in [-0.39, 0.29) is 18.1 Å². The molecule has 3 aromatic rings. The maximum atomic E-state index is 14.4. The van der Waals surface area contributed by atoms with Gasteiger partial charge in [-0.25, -0.2) is 4.39 Å². The van der Waals surface area contributed by atoms with Gasteiger partial charge in [0, 0.05) is 35.8 Å². The van der Waals surface area contributed by atoms with Crippen LogP contribution in [0.1, 0.15) is 27.9 Å². The third kappa shape index (κ3) is 3.60. The Morgan fingerprint density at radius 2 is 1.79 bits per heavy atom. The predicted octanol–water partition coefficient (Wildman–Crippen LogP) is 3.77. The molecule has 0 spiro atoms. The number of rotatable bonds is 6. The van der Waals surface area contributed by atoms with Gasteiger partial charge in [-0.1, -0.05) is 36.4 Å². The van der Waals surface area contributed by atoms with Crippen LogP contribution in [-0.4, -0.2) is 55.1 Å². The number of benzene rings is 3. The maximum Gasteiger partial charge on any atom is 0.309 e. The first-order chi connectivity index (χ1) is 16.2. The number of carboxylic acids is 1. The van der Waals surface area contributed by atoms with Crippen molar-refractivity contribution >= 4 is 28.3 Å². The van der Waals surface area contributed by atoms with Crippen molar-refractivity contribution in [2.75, 3.05) is 32.1 Å².